The van der Waals surface area contributed by atoms with Crippen LogP contribution in [0.15, 0.2) is 35.3 Å². The minimum absolute atomic E-state index is 0.0978. The number of nitrogens with zero attached hydrogens (tertiary/aromatic N) is 2. The fourth-order valence-corrected chi connectivity index (χ4v) is 1.55. The molecule has 20 heavy (non-hydrogen) atoms. The van der Waals surface area contributed by atoms with Crippen LogP contribution in [0.1, 0.15) is 22.5 Å². The van der Waals surface area contributed by atoms with Gasteiger partial charge >= 0.3 is 5.97 Å². The fraction of sp³-hybridized carbons (Fsp3) is 0.0833. The third kappa shape index (κ3) is 2.48. The van der Waals surface area contributed by atoms with Gasteiger partial charge in [0.25, 0.3) is 11.9 Å². The molecule has 104 valence electrons. The van der Waals surface area contributed by atoms with Crippen molar-refractivity contribution < 1.29 is 23.8 Å². The molecule has 0 amide bonds. The lowest BCUT2D eigenvalue weighted by Gasteiger charge is -2.08. The van der Waals surface area contributed by atoms with Crippen LogP contribution < -0.4 is 5.43 Å². The van der Waals surface area contributed by atoms with Crippen LogP contribution in [-0.2, 0) is 0 Å². The van der Waals surface area contributed by atoms with Crippen molar-refractivity contribution in [1.29, 1.82) is 0 Å². The molecule has 0 bridgehead atoms. The monoisotopic (exact) mass is 282 g/mol. The number of rotatable bonds is 3. The van der Waals surface area contributed by atoms with E-state index in [0.29, 0.717) is 0 Å². The molecule has 6 nitrogen and oxygen atoms in total. The molecule has 0 aliphatic heterocycles. The van der Waals surface area contributed by atoms with E-state index in [2.05, 4.69) is 5.10 Å². The van der Waals surface area contributed by atoms with Crippen molar-refractivity contribution in [2.45, 2.75) is 6.43 Å². The molecule has 0 aliphatic rings. The Kier molecular flexibility index (Phi) is 3.47. The maximum atomic E-state index is 12.6. The number of carboxylic acid groups (broad SMARTS) is 1. The van der Waals surface area contributed by atoms with Crippen molar-refractivity contribution in [3.8, 4) is 11.4 Å². The summed E-state index contributed by atoms with van der Waals surface area (Å²) in [6.07, 6.45) is -1.85. The molecule has 0 saturated carbocycles. The van der Waals surface area contributed by atoms with Gasteiger partial charge in [-0.1, -0.05) is 12.1 Å². The summed E-state index contributed by atoms with van der Waals surface area (Å²) < 4.78 is 26.0. The van der Waals surface area contributed by atoms with Gasteiger partial charge in [-0.05, 0) is 12.1 Å². The molecule has 2 aromatic rings. The van der Waals surface area contributed by atoms with Crippen molar-refractivity contribution in [3.05, 3.63) is 51.9 Å². The summed E-state index contributed by atoms with van der Waals surface area (Å²) in [7, 11) is 0. The standard InChI is InChI=1S/C12H8F2N2O4/c13-11(14)6-2-1-3-7(4-6)16-5-8(17)10(18)9(15-16)12(19)20/h1-5,11,17H,(H,19,20). The smallest absolute Gasteiger partial charge is 0.360 e. The van der Waals surface area contributed by atoms with Gasteiger partial charge in [-0.25, -0.2) is 18.3 Å². The SMILES string of the molecule is O=C(O)c1nn(-c2cccc(C(F)F)c2)cc(O)c1=O. The van der Waals surface area contributed by atoms with Gasteiger partial charge in [-0.2, -0.15) is 5.10 Å². The highest BCUT2D eigenvalue weighted by molar-refractivity contribution is 5.85. The van der Waals surface area contributed by atoms with Crippen molar-refractivity contribution in [3.63, 3.8) is 0 Å². The molecule has 0 aliphatic carbocycles. The van der Waals surface area contributed by atoms with Crippen LogP contribution in [0.5, 0.6) is 5.75 Å². The number of aromatic carboxylic acids is 1. The van der Waals surface area contributed by atoms with Gasteiger partial charge in [0.05, 0.1) is 11.9 Å². The molecule has 1 heterocycles. The molecule has 1 aromatic carbocycles. The highest BCUT2D eigenvalue weighted by atomic mass is 19.3. The van der Waals surface area contributed by atoms with Crippen LogP contribution >= 0.6 is 0 Å². The van der Waals surface area contributed by atoms with Gasteiger partial charge in [-0.3, -0.25) is 4.79 Å². The lowest BCUT2D eigenvalue weighted by Crippen LogP contribution is -2.21. The molecule has 2 N–H and O–H groups in total. The minimum atomic E-state index is -2.71. The van der Waals surface area contributed by atoms with E-state index in [1.54, 1.807) is 0 Å². The second kappa shape index (κ2) is 5.08. The van der Waals surface area contributed by atoms with E-state index in [0.717, 1.165) is 16.9 Å². The Morgan fingerprint density at radius 1 is 1.35 bits per heavy atom. The molecule has 0 fully saturated rings. The predicted molar refractivity (Wildman–Crippen MR) is 63.4 cm³/mol. The van der Waals surface area contributed by atoms with Crippen molar-refractivity contribution in [1.82, 2.24) is 9.78 Å². The number of carbonyl (C=O) groups is 1. The van der Waals surface area contributed by atoms with E-state index in [1.807, 2.05) is 0 Å². The maximum Gasteiger partial charge on any atom is 0.360 e. The number of alkyl halides is 2. The van der Waals surface area contributed by atoms with Crippen molar-refractivity contribution >= 4 is 5.97 Å². The molecule has 0 unspecified atom stereocenters. The molecule has 1 aromatic heterocycles. The van der Waals surface area contributed by atoms with Crippen LogP contribution in [0.3, 0.4) is 0 Å². The van der Waals surface area contributed by atoms with Gasteiger partial charge < -0.3 is 10.2 Å². The molecular formula is C12H8F2N2O4. The summed E-state index contributed by atoms with van der Waals surface area (Å²) in [6, 6.07) is 4.98. The van der Waals surface area contributed by atoms with E-state index >= 15 is 0 Å². The van der Waals surface area contributed by atoms with Crippen LogP contribution in [0.4, 0.5) is 8.78 Å². The summed E-state index contributed by atoms with van der Waals surface area (Å²) in [5.41, 5.74) is -2.23. The number of aromatic nitrogens is 2. The molecular weight excluding hydrogens is 274 g/mol. The first-order valence-corrected chi connectivity index (χ1v) is 5.35. The van der Waals surface area contributed by atoms with Crippen molar-refractivity contribution in [2.75, 3.05) is 0 Å². The van der Waals surface area contributed by atoms with Gasteiger partial charge in [0, 0.05) is 5.56 Å². The normalized spacial score (nSPS) is 10.8. The summed E-state index contributed by atoms with van der Waals surface area (Å²) in [5.74, 6) is -2.45. The predicted octanol–water partition coefficient (Wildman–Crippen LogP) is 1.57. The Morgan fingerprint density at radius 2 is 2.05 bits per heavy atom. The van der Waals surface area contributed by atoms with Gasteiger partial charge in [0.2, 0.25) is 5.69 Å². The average Bonchev–Trinajstić information content (AvgIpc) is 2.41. The van der Waals surface area contributed by atoms with Crippen LogP contribution in [0.2, 0.25) is 0 Å². The average molecular weight is 282 g/mol. The zero-order valence-corrected chi connectivity index (χ0v) is 9.83. The number of benzene rings is 1. The Balaban J connectivity index is 2.61. The van der Waals surface area contributed by atoms with Crippen molar-refractivity contribution in [2.24, 2.45) is 0 Å². The zero-order valence-electron chi connectivity index (χ0n) is 9.83. The van der Waals surface area contributed by atoms with Crippen LogP contribution in [0, 0.1) is 0 Å². The van der Waals surface area contributed by atoms with E-state index in [4.69, 9.17) is 5.11 Å². The molecule has 8 heteroatoms. The van der Waals surface area contributed by atoms with Gasteiger partial charge in [-0.15, -0.1) is 0 Å². The first-order chi connectivity index (χ1) is 9.40. The molecule has 0 radical (unpaired) electrons. The Bertz CT molecular complexity index is 728. The van der Waals surface area contributed by atoms with E-state index in [1.165, 1.54) is 18.2 Å². The molecule has 0 saturated heterocycles. The lowest BCUT2D eigenvalue weighted by atomic mass is 10.2. The summed E-state index contributed by atoms with van der Waals surface area (Å²) >= 11 is 0. The van der Waals surface area contributed by atoms with Gasteiger partial charge in [0.15, 0.2) is 5.75 Å². The number of halogens is 2. The largest absolute Gasteiger partial charge is 0.503 e. The highest BCUT2D eigenvalue weighted by Crippen LogP contribution is 2.21. The fourth-order valence-electron chi connectivity index (χ4n) is 1.55. The van der Waals surface area contributed by atoms with Gasteiger partial charge in [0.1, 0.15) is 0 Å². The third-order valence-corrected chi connectivity index (χ3v) is 2.49. The zero-order chi connectivity index (χ0) is 14.9. The third-order valence-electron chi connectivity index (χ3n) is 2.49. The summed E-state index contributed by atoms with van der Waals surface area (Å²) in [5, 5.41) is 21.7. The number of carboxylic acids is 1. The second-order valence-electron chi connectivity index (χ2n) is 3.84. The maximum absolute atomic E-state index is 12.6. The number of hydrogen-bond donors (Lipinski definition) is 2. The quantitative estimate of drug-likeness (QED) is 0.891. The summed E-state index contributed by atoms with van der Waals surface area (Å²) in [4.78, 5) is 22.2. The molecule has 0 spiro atoms. The van der Waals surface area contributed by atoms with Crippen LogP contribution in [-0.4, -0.2) is 26.0 Å². The van der Waals surface area contributed by atoms with E-state index < -0.39 is 29.3 Å². The first kappa shape index (κ1) is 13.7. The molecule has 2 rings (SSSR count). The minimum Gasteiger partial charge on any atom is -0.503 e. The lowest BCUT2D eigenvalue weighted by molar-refractivity contribution is 0.0686. The second-order valence-corrected chi connectivity index (χ2v) is 3.84. The Morgan fingerprint density at radius 3 is 2.65 bits per heavy atom. The molecule has 0 atom stereocenters. The van der Waals surface area contributed by atoms with E-state index in [9.17, 15) is 23.5 Å². The highest BCUT2D eigenvalue weighted by Gasteiger charge is 2.16. The summed E-state index contributed by atoms with van der Waals surface area (Å²) in [6.45, 7) is 0. The van der Waals surface area contributed by atoms with E-state index in [-0.39, 0.29) is 11.3 Å². The van der Waals surface area contributed by atoms with Crippen LogP contribution in [0.25, 0.3) is 5.69 Å². The first-order valence-electron chi connectivity index (χ1n) is 5.35. The number of hydrogen-bond acceptors (Lipinski definition) is 4. The Labute approximate surface area is 110 Å². The Hall–Kier alpha value is -2.77. The topological polar surface area (TPSA) is 92.4 Å². The number of aromatic hydroxyl groups is 1.